The molecule has 2 aliphatic rings. The average molecular weight is 399 g/mol. The van der Waals surface area contributed by atoms with Crippen LogP contribution in [-0.4, -0.2) is 24.9 Å². The maximum Gasteiger partial charge on any atom is 0.0564 e. The molecule has 2 nitrogen and oxygen atoms in total. The number of thioether (sulfide) groups is 1. The number of nitrogens with one attached hydrogen (secondary N) is 1. The molecule has 144 valence electrons. The van der Waals surface area contributed by atoms with Gasteiger partial charge in [0.2, 0.25) is 0 Å². The zero-order valence-electron chi connectivity index (χ0n) is 16.6. The molecule has 0 saturated carbocycles. The van der Waals surface area contributed by atoms with E-state index >= 15 is 0 Å². The summed E-state index contributed by atoms with van der Waals surface area (Å²) >= 11 is 3.85. The van der Waals surface area contributed by atoms with Crippen molar-refractivity contribution in [1.29, 1.82) is 0 Å². The van der Waals surface area contributed by atoms with Gasteiger partial charge in [-0.3, -0.25) is 0 Å². The van der Waals surface area contributed by atoms with E-state index in [0.717, 1.165) is 18.2 Å². The number of aryl methyl sites for hydroxylation is 1. The maximum absolute atomic E-state index is 3.76. The fourth-order valence-electron chi connectivity index (χ4n) is 4.06. The maximum atomic E-state index is 3.76. The summed E-state index contributed by atoms with van der Waals surface area (Å²) in [5.41, 5.74) is 4.10. The van der Waals surface area contributed by atoms with E-state index in [0.29, 0.717) is 6.04 Å². The van der Waals surface area contributed by atoms with E-state index in [9.17, 15) is 0 Å². The number of anilines is 2. The molecule has 2 unspecified atom stereocenters. The van der Waals surface area contributed by atoms with Gasteiger partial charge in [-0.05, 0) is 80.3 Å². The number of nitrogens with zero attached hydrogens (tertiary/aromatic N) is 1. The lowest BCUT2D eigenvalue weighted by Crippen LogP contribution is -2.40. The van der Waals surface area contributed by atoms with Gasteiger partial charge in [-0.25, -0.2) is 0 Å². The molecule has 0 spiro atoms. The Morgan fingerprint density at radius 3 is 2.78 bits per heavy atom. The lowest BCUT2D eigenvalue weighted by atomic mass is 9.94. The minimum absolute atomic E-state index is 0.654. The Hall–Kier alpha value is -1.10. The first-order valence-electron chi connectivity index (χ1n) is 10.2. The van der Waals surface area contributed by atoms with Crippen LogP contribution in [0.4, 0.5) is 11.4 Å². The molecule has 2 aliphatic heterocycles. The Morgan fingerprint density at radius 2 is 2.00 bits per heavy atom. The summed E-state index contributed by atoms with van der Waals surface area (Å²) in [5, 5.41) is 3.76. The van der Waals surface area contributed by atoms with Crippen molar-refractivity contribution < 1.29 is 0 Å². The Morgan fingerprint density at radius 1 is 1.11 bits per heavy atom. The second kappa shape index (κ2) is 8.50. The minimum Gasteiger partial charge on any atom is -0.340 e. The standard InChI is InChI=1S/C23H30N2S2/c1-4-26-19-8-10-22-21(14-19)25(12-11-18-7-5-17(3)15-24-18)20-9-6-16(2)13-23(20)27-22/h6,8-10,13-14,17-18,24H,4-5,7,11-12,15H2,1-3H3. The molecule has 2 heterocycles. The quantitative estimate of drug-likeness (QED) is 0.579. The van der Waals surface area contributed by atoms with Crippen LogP contribution in [0.25, 0.3) is 0 Å². The predicted molar refractivity (Wildman–Crippen MR) is 120 cm³/mol. The summed E-state index contributed by atoms with van der Waals surface area (Å²) in [7, 11) is 0. The normalized spacial score (nSPS) is 21.7. The lowest BCUT2D eigenvalue weighted by Gasteiger charge is -2.35. The molecule has 1 saturated heterocycles. The van der Waals surface area contributed by atoms with Crippen LogP contribution in [0.5, 0.6) is 0 Å². The van der Waals surface area contributed by atoms with E-state index in [-0.39, 0.29) is 0 Å². The zero-order chi connectivity index (χ0) is 18.8. The first-order valence-corrected chi connectivity index (χ1v) is 12.0. The second-order valence-corrected chi connectivity index (χ2v) is 10.3. The molecule has 0 amide bonds. The van der Waals surface area contributed by atoms with Gasteiger partial charge in [0.25, 0.3) is 0 Å². The number of hydrogen-bond acceptors (Lipinski definition) is 4. The van der Waals surface area contributed by atoms with Crippen LogP contribution >= 0.6 is 23.5 Å². The van der Waals surface area contributed by atoms with E-state index in [1.54, 1.807) is 0 Å². The van der Waals surface area contributed by atoms with Gasteiger partial charge in [-0.1, -0.05) is 31.7 Å². The molecular formula is C23H30N2S2. The van der Waals surface area contributed by atoms with Crippen LogP contribution in [0, 0.1) is 12.8 Å². The average Bonchev–Trinajstić information content (AvgIpc) is 2.67. The van der Waals surface area contributed by atoms with Crippen LogP contribution in [-0.2, 0) is 0 Å². The highest BCUT2D eigenvalue weighted by Gasteiger charge is 2.25. The van der Waals surface area contributed by atoms with Gasteiger partial charge >= 0.3 is 0 Å². The molecule has 4 heteroatoms. The molecular weight excluding hydrogens is 368 g/mol. The predicted octanol–water partition coefficient (Wildman–Crippen LogP) is 6.49. The monoisotopic (exact) mass is 398 g/mol. The SMILES string of the molecule is CCSc1ccc2c(c1)N(CCC1CCC(C)CN1)c1ccc(C)cc1S2. The summed E-state index contributed by atoms with van der Waals surface area (Å²) in [5.74, 6) is 1.94. The Balaban J connectivity index is 1.61. The van der Waals surface area contributed by atoms with Gasteiger partial charge in [0.15, 0.2) is 0 Å². The van der Waals surface area contributed by atoms with Crippen LogP contribution < -0.4 is 10.2 Å². The van der Waals surface area contributed by atoms with Crippen molar-refractivity contribution in [2.45, 2.75) is 60.8 Å². The first kappa shape index (κ1) is 19.2. The van der Waals surface area contributed by atoms with Crippen molar-refractivity contribution in [3.8, 4) is 0 Å². The van der Waals surface area contributed by atoms with E-state index in [1.165, 1.54) is 57.4 Å². The van der Waals surface area contributed by atoms with E-state index in [2.05, 4.69) is 67.4 Å². The van der Waals surface area contributed by atoms with Crippen LogP contribution in [0.1, 0.15) is 38.7 Å². The fraction of sp³-hybridized carbons (Fsp3) is 0.478. The molecule has 0 radical (unpaired) electrons. The highest BCUT2D eigenvalue weighted by molar-refractivity contribution is 8.00. The van der Waals surface area contributed by atoms with Gasteiger partial charge in [0.05, 0.1) is 11.4 Å². The summed E-state index contributed by atoms with van der Waals surface area (Å²) in [6.45, 7) is 9.02. The molecule has 1 N–H and O–H groups in total. The molecule has 0 bridgehead atoms. The van der Waals surface area contributed by atoms with Gasteiger partial charge in [0.1, 0.15) is 0 Å². The molecule has 2 aromatic carbocycles. The molecule has 0 aliphatic carbocycles. The third-order valence-corrected chi connectivity index (χ3v) is 7.61. The summed E-state index contributed by atoms with van der Waals surface area (Å²) in [4.78, 5) is 6.73. The van der Waals surface area contributed by atoms with Crippen LogP contribution in [0.15, 0.2) is 51.1 Å². The van der Waals surface area contributed by atoms with Gasteiger partial charge in [0, 0.05) is 27.3 Å². The van der Waals surface area contributed by atoms with Crippen molar-refractivity contribution in [1.82, 2.24) is 5.32 Å². The van der Waals surface area contributed by atoms with Gasteiger partial charge < -0.3 is 10.2 Å². The van der Waals surface area contributed by atoms with Crippen LogP contribution in [0.3, 0.4) is 0 Å². The minimum atomic E-state index is 0.654. The van der Waals surface area contributed by atoms with E-state index in [1.807, 2.05) is 23.5 Å². The number of piperidine rings is 1. The van der Waals surface area contributed by atoms with Gasteiger partial charge in [-0.15, -0.1) is 11.8 Å². The molecule has 4 rings (SSSR count). The number of rotatable bonds is 5. The van der Waals surface area contributed by atoms with E-state index < -0.39 is 0 Å². The summed E-state index contributed by atoms with van der Waals surface area (Å²) in [6, 6.07) is 14.6. The smallest absolute Gasteiger partial charge is 0.0564 e. The molecule has 2 aromatic rings. The number of benzene rings is 2. The van der Waals surface area contributed by atoms with Gasteiger partial charge in [-0.2, -0.15) is 0 Å². The Kier molecular flexibility index (Phi) is 6.05. The number of hydrogen-bond donors (Lipinski definition) is 1. The van der Waals surface area contributed by atoms with Crippen molar-refractivity contribution in [2.75, 3.05) is 23.7 Å². The third-order valence-electron chi connectivity index (χ3n) is 5.62. The highest BCUT2D eigenvalue weighted by atomic mass is 32.2. The summed E-state index contributed by atoms with van der Waals surface area (Å²) < 4.78 is 0. The third kappa shape index (κ3) is 4.33. The topological polar surface area (TPSA) is 15.3 Å². The van der Waals surface area contributed by atoms with Crippen molar-refractivity contribution in [3.63, 3.8) is 0 Å². The molecule has 0 aromatic heterocycles. The molecule has 1 fully saturated rings. The number of fused-ring (bicyclic) bond motifs is 2. The molecule has 2 atom stereocenters. The Bertz CT molecular complexity index is 797. The first-order chi connectivity index (χ1) is 13.1. The molecule has 27 heavy (non-hydrogen) atoms. The zero-order valence-corrected chi connectivity index (χ0v) is 18.3. The van der Waals surface area contributed by atoms with Crippen molar-refractivity contribution >= 4 is 34.9 Å². The van der Waals surface area contributed by atoms with Crippen LogP contribution in [0.2, 0.25) is 0 Å². The van der Waals surface area contributed by atoms with Crippen molar-refractivity contribution in [2.24, 2.45) is 5.92 Å². The van der Waals surface area contributed by atoms with Crippen molar-refractivity contribution in [3.05, 3.63) is 42.0 Å². The van der Waals surface area contributed by atoms with E-state index in [4.69, 9.17) is 0 Å². The largest absolute Gasteiger partial charge is 0.340 e. The summed E-state index contributed by atoms with van der Waals surface area (Å²) in [6.07, 6.45) is 3.87. The second-order valence-electron chi connectivity index (χ2n) is 7.86. The lowest BCUT2D eigenvalue weighted by molar-refractivity contribution is 0.318. The highest BCUT2D eigenvalue weighted by Crippen LogP contribution is 2.49. The Labute approximate surface area is 172 Å². The fourth-order valence-corrected chi connectivity index (χ4v) is 5.92.